The maximum absolute atomic E-state index is 5.54. The van der Waals surface area contributed by atoms with Gasteiger partial charge in [-0.3, -0.25) is 9.80 Å². The number of nitrogens with zero attached hydrogens (tertiary/aromatic N) is 2. The van der Waals surface area contributed by atoms with Gasteiger partial charge in [-0.05, 0) is 38.1 Å². The van der Waals surface area contributed by atoms with Crippen molar-refractivity contribution >= 4 is 0 Å². The second-order valence-corrected chi connectivity index (χ2v) is 6.64. The molecule has 3 heterocycles. The molecule has 3 fully saturated rings. The normalized spacial score (nSPS) is 36.2. The number of piperazine rings is 1. The maximum atomic E-state index is 5.54. The molecule has 3 aliphatic heterocycles. The molecule has 0 saturated carbocycles. The third kappa shape index (κ3) is 2.45. The molecular weight excluding hydrogens is 224 g/mol. The van der Waals surface area contributed by atoms with Crippen LogP contribution in [0.15, 0.2) is 0 Å². The lowest BCUT2D eigenvalue weighted by atomic mass is 9.93. The molecule has 0 spiro atoms. The van der Waals surface area contributed by atoms with E-state index in [4.69, 9.17) is 4.74 Å². The molecule has 18 heavy (non-hydrogen) atoms. The van der Waals surface area contributed by atoms with Crippen molar-refractivity contribution in [3.05, 3.63) is 0 Å². The van der Waals surface area contributed by atoms with E-state index in [1.807, 2.05) is 0 Å². The first-order valence-electron chi connectivity index (χ1n) is 7.83. The Morgan fingerprint density at radius 2 is 1.78 bits per heavy atom. The fourth-order valence-corrected chi connectivity index (χ4v) is 4.10. The monoisotopic (exact) mass is 252 g/mol. The summed E-state index contributed by atoms with van der Waals surface area (Å²) < 4.78 is 5.54. The Kier molecular flexibility index (Phi) is 3.92. The summed E-state index contributed by atoms with van der Waals surface area (Å²) in [6.07, 6.45) is 5.33. The third-order valence-corrected chi connectivity index (χ3v) is 5.20. The van der Waals surface area contributed by atoms with Crippen molar-refractivity contribution in [2.45, 2.75) is 57.7 Å². The van der Waals surface area contributed by atoms with Crippen LogP contribution in [0, 0.1) is 5.92 Å². The summed E-state index contributed by atoms with van der Waals surface area (Å²) in [6, 6.07) is 2.40. The zero-order valence-corrected chi connectivity index (χ0v) is 12.0. The maximum Gasteiger partial charge on any atom is 0.0480 e. The van der Waals surface area contributed by atoms with E-state index >= 15 is 0 Å². The summed E-state index contributed by atoms with van der Waals surface area (Å²) in [4.78, 5) is 5.60. The van der Waals surface area contributed by atoms with Crippen LogP contribution >= 0.6 is 0 Å². The van der Waals surface area contributed by atoms with E-state index in [9.17, 15) is 0 Å². The topological polar surface area (TPSA) is 15.7 Å². The Morgan fingerprint density at radius 1 is 1.00 bits per heavy atom. The van der Waals surface area contributed by atoms with Gasteiger partial charge in [0.1, 0.15) is 0 Å². The van der Waals surface area contributed by atoms with E-state index in [1.54, 1.807) is 0 Å². The van der Waals surface area contributed by atoms with Gasteiger partial charge in [0.25, 0.3) is 0 Å². The largest absolute Gasteiger partial charge is 0.381 e. The lowest BCUT2D eigenvalue weighted by molar-refractivity contribution is -0.0385. The zero-order valence-electron chi connectivity index (χ0n) is 12.0. The van der Waals surface area contributed by atoms with E-state index in [0.29, 0.717) is 0 Å². The SMILES string of the molecule is CC(C)C1CN2CCCC2CN1C1CCOCC1. The lowest BCUT2D eigenvalue weighted by Crippen LogP contribution is -2.61. The van der Waals surface area contributed by atoms with E-state index in [2.05, 4.69) is 23.6 Å². The van der Waals surface area contributed by atoms with Crippen LogP contribution in [0.5, 0.6) is 0 Å². The molecule has 2 unspecified atom stereocenters. The predicted octanol–water partition coefficient (Wildman–Crippen LogP) is 1.97. The lowest BCUT2D eigenvalue weighted by Gasteiger charge is -2.49. The van der Waals surface area contributed by atoms with Crippen LogP contribution in [0.2, 0.25) is 0 Å². The zero-order chi connectivity index (χ0) is 12.5. The van der Waals surface area contributed by atoms with Gasteiger partial charge in [0.15, 0.2) is 0 Å². The Balaban J connectivity index is 1.71. The third-order valence-electron chi connectivity index (χ3n) is 5.20. The summed E-state index contributed by atoms with van der Waals surface area (Å²) >= 11 is 0. The number of ether oxygens (including phenoxy) is 1. The summed E-state index contributed by atoms with van der Waals surface area (Å²) in [5.74, 6) is 0.773. The average molecular weight is 252 g/mol. The first-order chi connectivity index (χ1) is 8.75. The standard InChI is InChI=1S/C15H28N2O/c1-12(2)15-11-16-7-3-4-14(16)10-17(15)13-5-8-18-9-6-13/h12-15H,3-11H2,1-2H3. The van der Waals surface area contributed by atoms with Crippen LogP contribution in [0.4, 0.5) is 0 Å². The smallest absolute Gasteiger partial charge is 0.0480 e. The first-order valence-corrected chi connectivity index (χ1v) is 7.83. The molecule has 0 radical (unpaired) electrons. The second kappa shape index (κ2) is 5.48. The van der Waals surface area contributed by atoms with Crippen molar-refractivity contribution in [1.29, 1.82) is 0 Å². The fourth-order valence-electron chi connectivity index (χ4n) is 4.10. The molecule has 3 saturated heterocycles. The number of hydrogen-bond acceptors (Lipinski definition) is 3. The second-order valence-electron chi connectivity index (χ2n) is 6.64. The quantitative estimate of drug-likeness (QED) is 0.747. The molecular formula is C15H28N2O. The van der Waals surface area contributed by atoms with Crippen molar-refractivity contribution < 1.29 is 4.74 Å². The fraction of sp³-hybridized carbons (Fsp3) is 1.00. The summed E-state index contributed by atoms with van der Waals surface area (Å²) in [5, 5.41) is 0. The Bertz CT molecular complexity index is 276. The van der Waals surface area contributed by atoms with E-state index in [1.165, 1.54) is 45.3 Å². The van der Waals surface area contributed by atoms with Crippen LogP contribution < -0.4 is 0 Å². The highest BCUT2D eigenvalue weighted by atomic mass is 16.5. The van der Waals surface area contributed by atoms with E-state index < -0.39 is 0 Å². The molecule has 0 amide bonds. The molecule has 2 atom stereocenters. The predicted molar refractivity (Wildman–Crippen MR) is 73.8 cm³/mol. The Morgan fingerprint density at radius 3 is 2.50 bits per heavy atom. The first kappa shape index (κ1) is 12.9. The van der Waals surface area contributed by atoms with Crippen molar-refractivity contribution in [3.8, 4) is 0 Å². The number of hydrogen-bond donors (Lipinski definition) is 0. The van der Waals surface area contributed by atoms with Gasteiger partial charge in [-0.2, -0.15) is 0 Å². The molecule has 0 bridgehead atoms. The average Bonchev–Trinajstić information content (AvgIpc) is 2.85. The minimum Gasteiger partial charge on any atom is -0.381 e. The van der Waals surface area contributed by atoms with Crippen LogP contribution in [0.3, 0.4) is 0 Å². The highest BCUT2D eigenvalue weighted by Gasteiger charge is 2.40. The van der Waals surface area contributed by atoms with Crippen molar-refractivity contribution in [1.82, 2.24) is 9.80 Å². The van der Waals surface area contributed by atoms with Gasteiger partial charge < -0.3 is 4.74 Å². The number of fused-ring (bicyclic) bond motifs is 1. The van der Waals surface area contributed by atoms with E-state index in [-0.39, 0.29) is 0 Å². The Labute approximate surface area is 111 Å². The molecule has 104 valence electrons. The molecule has 0 aromatic heterocycles. The van der Waals surface area contributed by atoms with Gasteiger partial charge in [-0.1, -0.05) is 13.8 Å². The molecule has 3 aliphatic rings. The van der Waals surface area contributed by atoms with Gasteiger partial charge in [0, 0.05) is 44.4 Å². The highest BCUT2D eigenvalue weighted by Crippen LogP contribution is 2.31. The van der Waals surface area contributed by atoms with E-state index in [0.717, 1.165) is 37.3 Å². The van der Waals surface area contributed by atoms with Gasteiger partial charge >= 0.3 is 0 Å². The Hall–Kier alpha value is -0.120. The van der Waals surface area contributed by atoms with Gasteiger partial charge in [-0.15, -0.1) is 0 Å². The van der Waals surface area contributed by atoms with Gasteiger partial charge in [-0.25, -0.2) is 0 Å². The van der Waals surface area contributed by atoms with Crippen LogP contribution in [-0.2, 0) is 4.74 Å². The van der Waals surface area contributed by atoms with Crippen molar-refractivity contribution in [2.75, 3.05) is 32.8 Å². The summed E-state index contributed by atoms with van der Waals surface area (Å²) in [5.41, 5.74) is 0. The summed E-state index contributed by atoms with van der Waals surface area (Å²) in [6.45, 7) is 10.7. The molecule has 0 N–H and O–H groups in total. The molecule has 3 nitrogen and oxygen atoms in total. The van der Waals surface area contributed by atoms with Gasteiger partial charge in [0.05, 0.1) is 0 Å². The minimum absolute atomic E-state index is 0.766. The molecule has 0 aromatic carbocycles. The minimum atomic E-state index is 0.766. The van der Waals surface area contributed by atoms with Crippen LogP contribution in [0.25, 0.3) is 0 Å². The van der Waals surface area contributed by atoms with Crippen LogP contribution in [0.1, 0.15) is 39.5 Å². The van der Waals surface area contributed by atoms with Crippen molar-refractivity contribution in [2.24, 2.45) is 5.92 Å². The van der Waals surface area contributed by atoms with Gasteiger partial charge in [0.2, 0.25) is 0 Å². The van der Waals surface area contributed by atoms with Crippen LogP contribution in [-0.4, -0.2) is 60.8 Å². The molecule has 0 aromatic rings. The highest BCUT2D eigenvalue weighted by molar-refractivity contribution is 4.96. The molecule has 0 aliphatic carbocycles. The number of rotatable bonds is 2. The molecule has 3 heteroatoms. The summed E-state index contributed by atoms with van der Waals surface area (Å²) in [7, 11) is 0. The van der Waals surface area contributed by atoms with Crippen molar-refractivity contribution in [3.63, 3.8) is 0 Å². The molecule has 3 rings (SSSR count).